The third kappa shape index (κ3) is 4.05. The molecular formula is C14H15N5OS2. The number of hydrogen-bond donors (Lipinski definition) is 1. The predicted octanol–water partition coefficient (Wildman–Crippen LogP) is 3.91. The third-order valence-corrected chi connectivity index (χ3v) is 4.69. The molecule has 8 heteroatoms. The van der Waals surface area contributed by atoms with E-state index in [1.165, 1.54) is 11.3 Å². The molecule has 0 saturated heterocycles. The van der Waals surface area contributed by atoms with Crippen molar-refractivity contribution < 1.29 is 4.52 Å². The number of rotatable bonds is 7. The zero-order chi connectivity index (χ0) is 15.2. The summed E-state index contributed by atoms with van der Waals surface area (Å²) < 4.78 is 6.07. The molecule has 0 bridgehead atoms. The minimum atomic E-state index is 0.608. The number of benzene rings is 1. The zero-order valence-corrected chi connectivity index (χ0v) is 13.7. The normalized spacial score (nSPS) is 10.8. The van der Waals surface area contributed by atoms with Crippen molar-refractivity contribution in [3.05, 3.63) is 42.0 Å². The van der Waals surface area contributed by atoms with Gasteiger partial charge in [0.25, 0.3) is 0 Å². The summed E-state index contributed by atoms with van der Waals surface area (Å²) >= 11 is 3.05. The molecule has 3 rings (SSSR count). The summed E-state index contributed by atoms with van der Waals surface area (Å²) in [7, 11) is 0. The number of aryl methyl sites for hydroxylation is 1. The Kier molecular flexibility index (Phi) is 5.02. The van der Waals surface area contributed by atoms with E-state index in [0.717, 1.165) is 33.8 Å². The van der Waals surface area contributed by atoms with Gasteiger partial charge in [0.2, 0.25) is 11.0 Å². The van der Waals surface area contributed by atoms with Crippen molar-refractivity contribution in [3.8, 4) is 0 Å². The number of para-hydroxylation sites is 1. The molecular weight excluding hydrogens is 318 g/mol. The Hall–Kier alpha value is -1.93. The maximum absolute atomic E-state index is 5.20. The molecule has 0 saturated carbocycles. The SMILES string of the molecule is CCCc1noc(CSc2nnc(Nc3ccccc3)s2)n1. The Balaban J connectivity index is 1.55. The monoisotopic (exact) mass is 333 g/mol. The van der Waals surface area contributed by atoms with Crippen LogP contribution in [0.5, 0.6) is 0 Å². The number of anilines is 2. The van der Waals surface area contributed by atoms with Crippen LogP contribution in [-0.4, -0.2) is 20.3 Å². The predicted molar refractivity (Wildman–Crippen MR) is 87.5 cm³/mol. The molecule has 0 aliphatic heterocycles. The first-order valence-electron chi connectivity index (χ1n) is 6.93. The van der Waals surface area contributed by atoms with Gasteiger partial charge < -0.3 is 9.84 Å². The van der Waals surface area contributed by atoms with Crippen LogP contribution in [0.2, 0.25) is 0 Å². The molecule has 3 aromatic rings. The molecule has 0 unspecified atom stereocenters. The van der Waals surface area contributed by atoms with Gasteiger partial charge in [-0.05, 0) is 18.6 Å². The summed E-state index contributed by atoms with van der Waals surface area (Å²) in [6.07, 6.45) is 1.86. The second-order valence-electron chi connectivity index (χ2n) is 4.51. The lowest BCUT2D eigenvalue weighted by Crippen LogP contribution is -1.87. The lowest BCUT2D eigenvalue weighted by molar-refractivity contribution is 0.384. The summed E-state index contributed by atoms with van der Waals surface area (Å²) in [6.45, 7) is 2.09. The molecule has 0 amide bonds. The van der Waals surface area contributed by atoms with Crippen LogP contribution in [0.4, 0.5) is 10.8 Å². The van der Waals surface area contributed by atoms with Gasteiger partial charge in [-0.15, -0.1) is 10.2 Å². The molecule has 2 heterocycles. The highest BCUT2D eigenvalue weighted by Gasteiger charge is 2.09. The molecule has 1 aromatic carbocycles. The fourth-order valence-corrected chi connectivity index (χ4v) is 3.37. The number of thioether (sulfide) groups is 1. The van der Waals surface area contributed by atoms with Gasteiger partial charge in [0.05, 0.1) is 5.75 Å². The molecule has 1 N–H and O–H groups in total. The van der Waals surface area contributed by atoms with E-state index in [9.17, 15) is 0 Å². The lowest BCUT2D eigenvalue weighted by atomic mass is 10.3. The Bertz CT molecular complexity index is 713. The summed E-state index contributed by atoms with van der Waals surface area (Å²) in [5.41, 5.74) is 0.997. The second-order valence-corrected chi connectivity index (χ2v) is 6.71. The average Bonchev–Trinajstić information content (AvgIpc) is 3.16. The van der Waals surface area contributed by atoms with Crippen LogP contribution in [0.15, 0.2) is 39.2 Å². The van der Waals surface area contributed by atoms with Gasteiger partial charge in [-0.2, -0.15) is 4.98 Å². The molecule has 0 atom stereocenters. The van der Waals surface area contributed by atoms with Crippen molar-refractivity contribution in [2.75, 3.05) is 5.32 Å². The summed E-state index contributed by atoms with van der Waals surface area (Å²) in [5, 5.41) is 16.2. The average molecular weight is 333 g/mol. The quantitative estimate of drug-likeness (QED) is 0.657. The van der Waals surface area contributed by atoms with Crippen molar-refractivity contribution >= 4 is 33.9 Å². The number of hydrogen-bond acceptors (Lipinski definition) is 8. The molecule has 114 valence electrons. The fourth-order valence-electron chi connectivity index (χ4n) is 1.76. The lowest BCUT2D eigenvalue weighted by Gasteiger charge is -1.99. The maximum atomic E-state index is 5.20. The van der Waals surface area contributed by atoms with Crippen molar-refractivity contribution in [2.45, 2.75) is 29.9 Å². The van der Waals surface area contributed by atoms with Crippen LogP contribution >= 0.6 is 23.1 Å². The Labute approximate surface area is 136 Å². The van der Waals surface area contributed by atoms with E-state index in [1.54, 1.807) is 11.8 Å². The summed E-state index contributed by atoms with van der Waals surface area (Å²) in [6, 6.07) is 9.90. The first-order valence-corrected chi connectivity index (χ1v) is 8.73. The van der Waals surface area contributed by atoms with Gasteiger partial charge in [0, 0.05) is 12.1 Å². The van der Waals surface area contributed by atoms with Gasteiger partial charge in [0.15, 0.2) is 10.2 Å². The Morgan fingerprint density at radius 3 is 2.91 bits per heavy atom. The molecule has 0 aliphatic rings. The van der Waals surface area contributed by atoms with E-state index >= 15 is 0 Å². The number of nitrogens with one attached hydrogen (secondary N) is 1. The first kappa shape index (κ1) is 15.0. The van der Waals surface area contributed by atoms with Gasteiger partial charge in [0.1, 0.15) is 0 Å². The first-order chi connectivity index (χ1) is 10.8. The van der Waals surface area contributed by atoms with E-state index in [2.05, 4.69) is 32.6 Å². The van der Waals surface area contributed by atoms with Crippen molar-refractivity contribution in [1.82, 2.24) is 20.3 Å². The van der Waals surface area contributed by atoms with E-state index in [4.69, 9.17) is 4.52 Å². The summed E-state index contributed by atoms with van der Waals surface area (Å²) in [5.74, 6) is 2.00. The van der Waals surface area contributed by atoms with Crippen molar-refractivity contribution in [2.24, 2.45) is 0 Å². The highest BCUT2D eigenvalue weighted by atomic mass is 32.2. The molecule has 22 heavy (non-hydrogen) atoms. The van der Waals surface area contributed by atoms with Crippen LogP contribution < -0.4 is 5.32 Å². The molecule has 0 spiro atoms. The zero-order valence-electron chi connectivity index (χ0n) is 12.0. The molecule has 0 radical (unpaired) electrons. The number of nitrogens with zero attached hydrogens (tertiary/aromatic N) is 4. The third-order valence-electron chi connectivity index (χ3n) is 2.73. The van der Waals surface area contributed by atoms with E-state index in [0.29, 0.717) is 11.6 Å². The Morgan fingerprint density at radius 1 is 1.23 bits per heavy atom. The van der Waals surface area contributed by atoms with Gasteiger partial charge in [-0.25, -0.2) is 0 Å². The van der Waals surface area contributed by atoms with Crippen LogP contribution in [-0.2, 0) is 12.2 Å². The largest absolute Gasteiger partial charge is 0.338 e. The number of aromatic nitrogens is 4. The summed E-state index contributed by atoms with van der Waals surface area (Å²) in [4.78, 5) is 4.33. The molecule has 0 aliphatic carbocycles. The second kappa shape index (κ2) is 7.37. The van der Waals surface area contributed by atoms with Crippen LogP contribution in [0.1, 0.15) is 25.1 Å². The fraction of sp³-hybridized carbons (Fsp3) is 0.286. The van der Waals surface area contributed by atoms with E-state index in [-0.39, 0.29) is 0 Å². The highest BCUT2D eigenvalue weighted by molar-refractivity contribution is 8.00. The van der Waals surface area contributed by atoms with E-state index < -0.39 is 0 Å². The molecule has 6 nitrogen and oxygen atoms in total. The molecule has 2 aromatic heterocycles. The van der Waals surface area contributed by atoms with Crippen molar-refractivity contribution in [3.63, 3.8) is 0 Å². The van der Waals surface area contributed by atoms with Gasteiger partial charge in [-0.1, -0.05) is 53.4 Å². The smallest absolute Gasteiger partial charge is 0.237 e. The van der Waals surface area contributed by atoms with Crippen LogP contribution in [0.3, 0.4) is 0 Å². The maximum Gasteiger partial charge on any atom is 0.237 e. The van der Waals surface area contributed by atoms with Gasteiger partial charge in [-0.3, -0.25) is 0 Å². The molecule has 0 fully saturated rings. The standard InChI is InChI=1S/C14H15N5OS2/c1-2-6-11-16-12(20-19-11)9-21-14-18-17-13(22-14)15-10-7-4-3-5-8-10/h3-5,7-8H,2,6,9H2,1H3,(H,15,17). The highest BCUT2D eigenvalue weighted by Crippen LogP contribution is 2.29. The van der Waals surface area contributed by atoms with Gasteiger partial charge >= 0.3 is 0 Å². The van der Waals surface area contributed by atoms with Crippen molar-refractivity contribution in [1.29, 1.82) is 0 Å². The van der Waals surface area contributed by atoms with Crippen LogP contribution in [0, 0.1) is 0 Å². The minimum Gasteiger partial charge on any atom is -0.338 e. The van der Waals surface area contributed by atoms with Crippen LogP contribution in [0.25, 0.3) is 0 Å². The topological polar surface area (TPSA) is 76.7 Å². The van der Waals surface area contributed by atoms with E-state index in [1.807, 2.05) is 30.3 Å². The Morgan fingerprint density at radius 2 is 2.09 bits per heavy atom. The minimum absolute atomic E-state index is 0.608.